The zero-order valence-electron chi connectivity index (χ0n) is 17.1. The van der Waals surface area contributed by atoms with Crippen molar-refractivity contribution in [1.29, 1.82) is 0 Å². The monoisotopic (exact) mass is 412 g/mol. The van der Waals surface area contributed by atoms with Gasteiger partial charge in [-0.15, -0.1) is 0 Å². The van der Waals surface area contributed by atoms with Crippen molar-refractivity contribution in [2.75, 3.05) is 13.2 Å². The average Bonchev–Trinajstić information content (AvgIpc) is 3.04. The number of rotatable bonds is 4. The van der Waals surface area contributed by atoms with Crippen LogP contribution in [0.2, 0.25) is 0 Å². The minimum atomic E-state index is -0.676. The molecule has 3 N–H and O–H groups in total. The molecule has 0 spiro atoms. The highest BCUT2D eigenvalue weighted by Gasteiger charge is 2.39. The number of benzene rings is 2. The molecule has 2 atom stereocenters. The predicted octanol–water partition coefficient (Wildman–Crippen LogP) is 2.24. The van der Waals surface area contributed by atoms with Crippen LogP contribution in [0.1, 0.15) is 55.0 Å². The van der Waals surface area contributed by atoms with Crippen LogP contribution in [0, 0.1) is 19.7 Å². The molecule has 2 aromatic carbocycles. The van der Waals surface area contributed by atoms with E-state index in [0.717, 1.165) is 28.3 Å². The number of primary amides is 1. The van der Waals surface area contributed by atoms with Crippen LogP contribution in [0.3, 0.4) is 0 Å². The van der Waals surface area contributed by atoms with Crippen molar-refractivity contribution in [3.8, 4) is 0 Å². The van der Waals surface area contributed by atoms with Gasteiger partial charge >= 0.3 is 0 Å². The molecule has 2 amide bonds. The molecule has 0 aliphatic carbocycles. The van der Waals surface area contributed by atoms with Gasteiger partial charge in [-0.05, 0) is 66.3 Å². The summed E-state index contributed by atoms with van der Waals surface area (Å²) in [6.45, 7) is 5.19. The third-order valence-electron chi connectivity index (χ3n) is 6.37. The fourth-order valence-corrected chi connectivity index (χ4v) is 4.34. The van der Waals surface area contributed by atoms with Gasteiger partial charge in [-0.3, -0.25) is 9.59 Å². The summed E-state index contributed by atoms with van der Waals surface area (Å²) in [5.41, 5.74) is 10.2. The number of fused-ring (bicyclic) bond motifs is 1. The van der Waals surface area contributed by atoms with Crippen molar-refractivity contribution in [3.63, 3.8) is 0 Å². The van der Waals surface area contributed by atoms with Crippen molar-refractivity contribution < 1.29 is 23.8 Å². The normalized spacial score (nSPS) is 21.1. The fraction of sp³-hybridized carbons (Fsp3) is 0.391. The van der Waals surface area contributed by atoms with Crippen molar-refractivity contribution >= 4 is 11.8 Å². The Morgan fingerprint density at radius 3 is 2.70 bits per heavy atom. The molecule has 2 aliphatic rings. The minimum Gasteiger partial charge on any atom is -0.391 e. The third-order valence-corrected chi connectivity index (χ3v) is 6.37. The van der Waals surface area contributed by atoms with Gasteiger partial charge in [-0.25, -0.2) is 4.39 Å². The van der Waals surface area contributed by atoms with Gasteiger partial charge in [0.1, 0.15) is 5.82 Å². The number of halogens is 1. The summed E-state index contributed by atoms with van der Waals surface area (Å²) in [6.07, 6.45) is 0.206. The van der Waals surface area contributed by atoms with E-state index in [1.54, 1.807) is 11.0 Å². The van der Waals surface area contributed by atoms with E-state index in [0.29, 0.717) is 43.7 Å². The zero-order chi connectivity index (χ0) is 21.6. The molecule has 7 heteroatoms. The second kappa shape index (κ2) is 7.81. The highest BCUT2D eigenvalue weighted by Crippen LogP contribution is 2.34. The maximum atomic E-state index is 14.5. The molecule has 30 heavy (non-hydrogen) atoms. The number of nitrogens with zero attached hydrogens (tertiary/aromatic N) is 1. The van der Waals surface area contributed by atoms with Gasteiger partial charge in [-0.1, -0.05) is 6.07 Å². The largest absolute Gasteiger partial charge is 0.391 e. The summed E-state index contributed by atoms with van der Waals surface area (Å²) < 4.78 is 20.0. The van der Waals surface area contributed by atoms with E-state index in [9.17, 15) is 19.1 Å². The molecule has 1 saturated heterocycles. The van der Waals surface area contributed by atoms with E-state index in [1.807, 2.05) is 19.9 Å². The van der Waals surface area contributed by atoms with Gasteiger partial charge in [0.25, 0.3) is 5.91 Å². The third kappa shape index (κ3) is 3.48. The van der Waals surface area contributed by atoms with E-state index in [4.69, 9.17) is 10.5 Å². The smallest absolute Gasteiger partial charge is 0.254 e. The van der Waals surface area contributed by atoms with Gasteiger partial charge in [-0.2, -0.15) is 0 Å². The van der Waals surface area contributed by atoms with Crippen molar-refractivity contribution in [1.82, 2.24) is 4.90 Å². The van der Waals surface area contributed by atoms with Crippen LogP contribution in [0.5, 0.6) is 0 Å². The SMILES string of the molecule is Cc1c(Cc2ccc(C(N)=O)cc2F)cc2c(c1C)CN([C@H]1COCC[C@@H]1O)C2=O. The molecule has 1 fully saturated rings. The molecule has 0 bridgehead atoms. The first-order valence-corrected chi connectivity index (χ1v) is 10.0. The Bertz CT molecular complexity index is 1040. The summed E-state index contributed by atoms with van der Waals surface area (Å²) in [7, 11) is 0. The molecular weight excluding hydrogens is 387 g/mol. The number of hydrogen-bond donors (Lipinski definition) is 2. The van der Waals surface area contributed by atoms with E-state index in [1.165, 1.54) is 6.07 Å². The van der Waals surface area contributed by atoms with Crippen LogP contribution in [-0.4, -0.2) is 47.2 Å². The summed E-state index contributed by atoms with van der Waals surface area (Å²) >= 11 is 0. The number of carbonyl (C=O) groups excluding carboxylic acids is 2. The quantitative estimate of drug-likeness (QED) is 0.806. The average molecular weight is 412 g/mol. The predicted molar refractivity (Wildman–Crippen MR) is 109 cm³/mol. The second-order valence-electron chi connectivity index (χ2n) is 8.09. The molecular formula is C23H25FN2O4. The van der Waals surface area contributed by atoms with Gasteiger partial charge in [0.05, 0.1) is 18.8 Å². The van der Waals surface area contributed by atoms with Crippen molar-refractivity contribution in [2.45, 2.75) is 45.4 Å². The molecule has 2 aromatic rings. The number of hydrogen-bond acceptors (Lipinski definition) is 4. The van der Waals surface area contributed by atoms with Crippen LogP contribution < -0.4 is 5.73 Å². The van der Waals surface area contributed by atoms with E-state index >= 15 is 0 Å². The Kier molecular flexibility index (Phi) is 5.34. The molecule has 158 valence electrons. The maximum absolute atomic E-state index is 14.5. The van der Waals surface area contributed by atoms with Gasteiger partial charge < -0.3 is 20.5 Å². The van der Waals surface area contributed by atoms with E-state index in [-0.39, 0.29) is 17.5 Å². The summed E-state index contributed by atoms with van der Waals surface area (Å²) in [5, 5.41) is 10.3. The molecule has 6 nitrogen and oxygen atoms in total. The molecule has 0 radical (unpaired) electrons. The van der Waals surface area contributed by atoms with Crippen LogP contribution in [0.4, 0.5) is 4.39 Å². The van der Waals surface area contributed by atoms with Gasteiger partial charge in [0.2, 0.25) is 5.91 Å². The van der Waals surface area contributed by atoms with E-state index in [2.05, 4.69) is 0 Å². The molecule has 0 unspecified atom stereocenters. The first-order valence-electron chi connectivity index (χ1n) is 10.0. The Hall–Kier alpha value is -2.77. The lowest BCUT2D eigenvalue weighted by Gasteiger charge is -2.34. The Morgan fingerprint density at radius 2 is 2.03 bits per heavy atom. The Labute approximate surface area is 174 Å². The molecule has 2 heterocycles. The van der Waals surface area contributed by atoms with Gasteiger partial charge in [0, 0.05) is 30.7 Å². The number of carbonyl (C=O) groups is 2. The van der Waals surface area contributed by atoms with Crippen LogP contribution in [0.25, 0.3) is 0 Å². The lowest BCUT2D eigenvalue weighted by atomic mass is 9.91. The van der Waals surface area contributed by atoms with Crippen LogP contribution in [0.15, 0.2) is 24.3 Å². The number of aliphatic hydroxyl groups excluding tert-OH is 1. The Balaban J connectivity index is 1.65. The minimum absolute atomic E-state index is 0.122. The second-order valence-corrected chi connectivity index (χ2v) is 8.09. The first-order chi connectivity index (χ1) is 14.3. The maximum Gasteiger partial charge on any atom is 0.254 e. The summed E-state index contributed by atoms with van der Waals surface area (Å²) in [5.74, 6) is -1.31. The first kappa shape index (κ1) is 20.5. The fourth-order valence-electron chi connectivity index (χ4n) is 4.34. The number of ether oxygens (including phenoxy) is 1. The summed E-state index contributed by atoms with van der Waals surface area (Å²) in [4.78, 5) is 26.1. The molecule has 0 aromatic heterocycles. The lowest BCUT2D eigenvalue weighted by molar-refractivity contribution is -0.0528. The number of nitrogens with two attached hydrogens (primary N) is 1. The van der Waals surface area contributed by atoms with Crippen molar-refractivity contribution in [3.05, 3.63) is 69.0 Å². The lowest BCUT2D eigenvalue weighted by Crippen LogP contribution is -2.49. The topological polar surface area (TPSA) is 92.9 Å². The number of amides is 2. The van der Waals surface area contributed by atoms with Crippen LogP contribution in [-0.2, 0) is 17.7 Å². The zero-order valence-corrected chi connectivity index (χ0v) is 17.1. The highest BCUT2D eigenvalue weighted by molar-refractivity contribution is 5.99. The molecule has 4 rings (SSSR count). The van der Waals surface area contributed by atoms with Crippen LogP contribution >= 0.6 is 0 Å². The Morgan fingerprint density at radius 1 is 1.27 bits per heavy atom. The highest BCUT2D eigenvalue weighted by atomic mass is 19.1. The standard InChI is InChI=1S/C23H25FN2O4/c1-12-13(2)18-10-26(20-11-30-6-5-21(20)27)23(29)17(18)8-16(12)7-14-3-4-15(22(25)28)9-19(14)24/h3-4,8-9,20-21,27H,5-7,10-11H2,1-2H3,(H2,25,28)/t20-,21-/m0/s1. The molecule has 2 aliphatic heterocycles. The molecule has 0 saturated carbocycles. The number of aliphatic hydroxyl groups is 1. The van der Waals surface area contributed by atoms with E-state index < -0.39 is 17.8 Å². The summed E-state index contributed by atoms with van der Waals surface area (Å²) in [6, 6.07) is 5.68. The van der Waals surface area contributed by atoms with Crippen molar-refractivity contribution in [2.24, 2.45) is 5.73 Å². The van der Waals surface area contributed by atoms with Gasteiger partial charge in [0.15, 0.2) is 0 Å².